The maximum absolute atomic E-state index is 9.06. The highest BCUT2D eigenvalue weighted by Gasteiger charge is 2.09. The number of nitriles is 1. The average Bonchev–Trinajstić information content (AvgIpc) is 2.45. The predicted molar refractivity (Wildman–Crippen MR) is 67.5 cm³/mol. The number of nitrogens with zero attached hydrogens (tertiary/aromatic N) is 2. The summed E-state index contributed by atoms with van der Waals surface area (Å²) < 4.78 is 5.60. The van der Waals surface area contributed by atoms with Crippen LogP contribution in [0.2, 0.25) is 0 Å². The van der Waals surface area contributed by atoms with Crippen LogP contribution >= 0.6 is 0 Å². The fourth-order valence-electron chi connectivity index (χ4n) is 1.52. The number of anilines is 1. The van der Waals surface area contributed by atoms with Gasteiger partial charge in [0.2, 0.25) is 0 Å². The molecule has 0 aliphatic rings. The van der Waals surface area contributed by atoms with Crippen molar-refractivity contribution in [3.05, 3.63) is 53.7 Å². The van der Waals surface area contributed by atoms with E-state index in [9.17, 15) is 0 Å². The number of aromatic nitrogens is 1. The number of nitrogen functional groups attached to an aromatic ring is 1. The van der Waals surface area contributed by atoms with E-state index >= 15 is 0 Å². The summed E-state index contributed by atoms with van der Waals surface area (Å²) in [5.74, 6) is 6.05. The van der Waals surface area contributed by atoms with Gasteiger partial charge in [-0.1, -0.05) is 30.3 Å². The van der Waals surface area contributed by atoms with Gasteiger partial charge in [-0.25, -0.2) is 10.8 Å². The lowest BCUT2D eigenvalue weighted by atomic mass is 10.2. The Balaban J connectivity index is 2.17. The van der Waals surface area contributed by atoms with Crippen LogP contribution in [0, 0.1) is 11.3 Å². The van der Waals surface area contributed by atoms with Gasteiger partial charge in [0.05, 0.1) is 0 Å². The molecule has 0 aliphatic carbocycles. The molecule has 0 spiro atoms. The molecule has 0 saturated carbocycles. The summed E-state index contributed by atoms with van der Waals surface area (Å²) in [6.45, 7) is 0.392. The molecule has 5 nitrogen and oxygen atoms in total. The monoisotopic (exact) mass is 240 g/mol. The molecule has 90 valence electrons. The summed E-state index contributed by atoms with van der Waals surface area (Å²) in [7, 11) is 0. The van der Waals surface area contributed by atoms with Crippen LogP contribution in [0.25, 0.3) is 0 Å². The summed E-state index contributed by atoms with van der Waals surface area (Å²) in [5, 5.41) is 9.06. The standard InChI is InChI=1S/C13H12N4O/c14-8-11-12(6-7-16-13(11)17-15)18-9-10-4-2-1-3-5-10/h1-7H,9,15H2,(H,16,17). The Morgan fingerprint density at radius 2 is 2.06 bits per heavy atom. The molecule has 0 atom stereocenters. The number of pyridine rings is 1. The van der Waals surface area contributed by atoms with E-state index in [1.165, 1.54) is 6.20 Å². The third kappa shape index (κ3) is 2.56. The highest BCUT2D eigenvalue weighted by atomic mass is 16.5. The van der Waals surface area contributed by atoms with Gasteiger partial charge in [-0.15, -0.1) is 0 Å². The maximum atomic E-state index is 9.06. The third-order valence-electron chi connectivity index (χ3n) is 2.40. The van der Waals surface area contributed by atoms with Gasteiger partial charge in [-0.05, 0) is 5.56 Å². The van der Waals surface area contributed by atoms with Crippen molar-refractivity contribution in [3.8, 4) is 11.8 Å². The molecule has 1 aromatic carbocycles. The lowest BCUT2D eigenvalue weighted by molar-refractivity contribution is 0.305. The van der Waals surface area contributed by atoms with Gasteiger partial charge in [0.25, 0.3) is 0 Å². The molecule has 5 heteroatoms. The van der Waals surface area contributed by atoms with Gasteiger partial charge >= 0.3 is 0 Å². The van der Waals surface area contributed by atoms with E-state index in [1.807, 2.05) is 36.4 Å². The fraction of sp³-hybridized carbons (Fsp3) is 0.0769. The molecule has 3 N–H and O–H groups in total. The number of nitrogens with two attached hydrogens (primary N) is 1. The van der Waals surface area contributed by atoms with E-state index in [4.69, 9.17) is 15.8 Å². The van der Waals surface area contributed by atoms with Crippen LogP contribution in [0.5, 0.6) is 5.75 Å². The van der Waals surface area contributed by atoms with Crippen molar-refractivity contribution in [2.45, 2.75) is 6.61 Å². The maximum Gasteiger partial charge on any atom is 0.161 e. The van der Waals surface area contributed by atoms with E-state index in [1.54, 1.807) is 6.07 Å². The third-order valence-corrected chi connectivity index (χ3v) is 2.40. The molecular formula is C13H12N4O. The summed E-state index contributed by atoms with van der Waals surface area (Å²) in [6.07, 6.45) is 1.54. The molecule has 18 heavy (non-hydrogen) atoms. The Morgan fingerprint density at radius 3 is 2.72 bits per heavy atom. The van der Waals surface area contributed by atoms with Crippen LogP contribution in [0.1, 0.15) is 11.1 Å². The van der Waals surface area contributed by atoms with E-state index in [0.717, 1.165) is 5.56 Å². The molecular weight excluding hydrogens is 228 g/mol. The minimum Gasteiger partial charge on any atom is -0.487 e. The zero-order valence-electron chi connectivity index (χ0n) is 9.63. The van der Waals surface area contributed by atoms with Crippen LogP contribution in [0.4, 0.5) is 5.82 Å². The SMILES string of the molecule is N#Cc1c(OCc2ccccc2)ccnc1NN. The van der Waals surface area contributed by atoms with Crippen LogP contribution in [-0.2, 0) is 6.61 Å². The topological polar surface area (TPSA) is 84.0 Å². The van der Waals surface area contributed by atoms with Gasteiger partial charge in [0, 0.05) is 12.3 Å². The van der Waals surface area contributed by atoms with Crippen LogP contribution in [-0.4, -0.2) is 4.98 Å². The number of nitrogens with one attached hydrogen (secondary N) is 1. The predicted octanol–water partition coefficient (Wildman–Crippen LogP) is 1.82. The van der Waals surface area contributed by atoms with Crippen LogP contribution in [0.15, 0.2) is 42.6 Å². The summed E-state index contributed by atoms with van der Waals surface area (Å²) in [4.78, 5) is 3.95. The average molecular weight is 240 g/mol. The number of benzene rings is 1. The minimum atomic E-state index is 0.302. The molecule has 0 aliphatic heterocycles. The van der Waals surface area contributed by atoms with Crippen molar-refractivity contribution in [3.63, 3.8) is 0 Å². The Bertz CT molecular complexity index is 563. The van der Waals surface area contributed by atoms with Crippen molar-refractivity contribution in [1.29, 1.82) is 5.26 Å². The van der Waals surface area contributed by atoms with Crippen molar-refractivity contribution in [2.24, 2.45) is 5.84 Å². The summed E-state index contributed by atoms with van der Waals surface area (Å²) in [6, 6.07) is 13.4. The summed E-state index contributed by atoms with van der Waals surface area (Å²) >= 11 is 0. The van der Waals surface area contributed by atoms with Gasteiger partial charge in [0.15, 0.2) is 5.82 Å². The number of ether oxygens (including phenoxy) is 1. The van der Waals surface area contributed by atoms with Gasteiger partial charge in [-0.2, -0.15) is 5.26 Å². The lowest BCUT2D eigenvalue weighted by Crippen LogP contribution is -2.11. The first-order valence-electron chi connectivity index (χ1n) is 5.37. The smallest absolute Gasteiger partial charge is 0.161 e. The molecule has 0 fully saturated rings. The quantitative estimate of drug-likeness (QED) is 0.629. The zero-order chi connectivity index (χ0) is 12.8. The highest BCUT2D eigenvalue weighted by molar-refractivity contribution is 5.58. The first-order chi connectivity index (χ1) is 8.85. The molecule has 0 unspecified atom stereocenters. The molecule has 0 saturated heterocycles. The summed E-state index contributed by atoms with van der Waals surface area (Å²) in [5.41, 5.74) is 3.70. The normalized spacial score (nSPS) is 9.56. The van der Waals surface area contributed by atoms with Crippen molar-refractivity contribution in [1.82, 2.24) is 4.98 Å². The first kappa shape index (κ1) is 11.9. The molecule has 1 heterocycles. The number of rotatable bonds is 4. The van der Waals surface area contributed by atoms with Crippen LogP contribution < -0.4 is 16.0 Å². The molecule has 2 aromatic rings. The first-order valence-corrected chi connectivity index (χ1v) is 5.37. The van der Waals surface area contributed by atoms with Crippen molar-refractivity contribution in [2.75, 3.05) is 5.43 Å². The largest absolute Gasteiger partial charge is 0.487 e. The number of hydrogen-bond donors (Lipinski definition) is 2. The van der Waals surface area contributed by atoms with Crippen molar-refractivity contribution >= 4 is 5.82 Å². The Morgan fingerprint density at radius 1 is 1.28 bits per heavy atom. The van der Waals surface area contributed by atoms with Gasteiger partial charge in [0.1, 0.15) is 24.0 Å². The fourth-order valence-corrected chi connectivity index (χ4v) is 1.52. The van der Waals surface area contributed by atoms with E-state index < -0.39 is 0 Å². The highest BCUT2D eigenvalue weighted by Crippen LogP contribution is 2.23. The Kier molecular flexibility index (Phi) is 3.74. The van der Waals surface area contributed by atoms with Crippen LogP contribution in [0.3, 0.4) is 0 Å². The van der Waals surface area contributed by atoms with Crippen molar-refractivity contribution < 1.29 is 4.74 Å². The Labute approximate surface area is 105 Å². The molecule has 0 amide bonds. The van der Waals surface area contributed by atoms with E-state index in [0.29, 0.717) is 23.7 Å². The molecule has 1 aromatic heterocycles. The molecule has 0 bridgehead atoms. The second-order valence-electron chi connectivity index (χ2n) is 3.56. The van der Waals surface area contributed by atoms with Gasteiger partial charge < -0.3 is 10.2 Å². The second-order valence-corrected chi connectivity index (χ2v) is 3.56. The zero-order valence-corrected chi connectivity index (χ0v) is 9.63. The number of hydrazine groups is 1. The number of hydrogen-bond acceptors (Lipinski definition) is 5. The lowest BCUT2D eigenvalue weighted by Gasteiger charge is -2.09. The molecule has 0 radical (unpaired) electrons. The molecule has 2 rings (SSSR count). The van der Waals surface area contributed by atoms with E-state index in [-0.39, 0.29) is 0 Å². The van der Waals surface area contributed by atoms with Gasteiger partial charge in [-0.3, -0.25) is 0 Å². The minimum absolute atomic E-state index is 0.302. The Hall–Kier alpha value is -2.58. The van der Waals surface area contributed by atoms with E-state index in [2.05, 4.69) is 10.4 Å². The second kappa shape index (κ2) is 5.66.